The summed E-state index contributed by atoms with van der Waals surface area (Å²) in [5.74, 6) is 0.289. The van der Waals surface area contributed by atoms with E-state index in [2.05, 4.69) is 5.32 Å². The van der Waals surface area contributed by atoms with Gasteiger partial charge in [-0.2, -0.15) is 0 Å². The van der Waals surface area contributed by atoms with Gasteiger partial charge in [0, 0.05) is 30.6 Å². The van der Waals surface area contributed by atoms with Crippen LogP contribution < -0.4 is 5.32 Å². The van der Waals surface area contributed by atoms with Crippen LogP contribution in [0.3, 0.4) is 0 Å². The number of carbonyl (C=O) groups excluding carboxylic acids is 2. The molecule has 1 N–H and O–H groups in total. The molecule has 0 spiro atoms. The third-order valence-electron chi connectivity index (χ3n) is 4.07. The molecule has 1 aliphatic heterocycles. The Balaban J connectivity index is 1.89. The predicted molar refractivity (Wildman–Crippen MR) is 84.0 cm³/mol. The number of carbonyl (C=O) groups is 2. The van der Waals surface area contributed by atoms with Gasteiger partial charge < -0.3 is 10.2 Å². The van der Waals surface area contributed by atoms with Gasteiger partial charge in [0.2, 0.25) is 11.8 Å². The molecule has 1 fully saturated rings. The topological polar surface area (TPSA) is 49.4 Å². The van der Waals surface area contributed by atoms with Crippen molar-refractivity contribution in [2.45, 2.75) is 33.6 Å². The minimum atomic E-state index is 0.000758. The fourth-order valence-electron chi connectivity index (χ4n) is 2.68. The molecule has 21 heavy (non-hydrogen) atoms. The van der Waals surface area contributed by atoms with E-state index in [4.69, 9.17) is 0 Å². The first-order chi connectivity index (χ1) is 9.99. The maximum absolute atomic E-state index is 12.3. The number of piperidine rings is 1. The zero-order chi connectivity index (χ0) is 15.4. The van der Waals surface area contributed by atoms with Crippen LogP contribution in [0.25, 0.3) is 0 Å². The number of hydrogen-bond acceptors (Lipinski definition) is 2. The van der Waals surface area contributed by atoms with Gasteiger partial charge in [0.05, 0.1) is 0 Å². The van der Waals surface area contributed by atoms with E-state index >= 15 is 0 Å². The molecule has 0 bridgehead atoms. The van der Waals surface area contributed by atoms with E-state index in [1.54, 1.807) is 0 Å². The number of aryl methyl sites for hydroxylation is 1. The van der Waals surface area contributed by atoms with E-state index in [1.165, 1.54) is 0 Å². The molecule has 0 radical (unpaired) electrons. The number of nitrogens with zero attached hydrogens (tertiary/aromatic N) is 1. The zero-order valence-electron chi connectivity index (χ0n) is 13.1. The van der Waals surface area contributed by atoms with E-state index in [0.29, 0.717) is 13.1 Å². The van der Waals surface area contributed by atoms with Gasteiger partial charge >= 0.3 is 0 Å². The van der Waals surface area contributed by atoms with Crippen LogP contribution in [-0.2, 0) is 9.59 Å². The molecule has 1 saturated heterocycles. The zero-order valence-corrected chi connectivity index (χ0v) is 13.1. The van der Waals surface area contributed by atoms with E-state index in [1.807, 2.05) is 49.9 Å². The minimum absolute atomic E-state index is 0.000758. The van der Waals surface area contributed by atoms with E-state index in [0.717, 1.165) is 24.1 Å². The number of benzene rings is 1. The Hall–Kier alpha value is -1.84. The van der Waals surface area contributed by atoms with Crippen LogP contribution in [-0.4, -0.2) is 29.8 Å². The summed E-state index contributed by atoms with van der Waals surface area (Å²) in [6, 6.07) is 7.79. The molecule has 0 aliphatic carbocycles. The summed E-state index contributed by atoms with van der Waals surface area (Å²) < 4.78 is 0. The normalized spacial score (nSPS) is 16.1. The van der Waals surface area contributed by atoms with Crippen LogP contribution in [0.5, 0.6) is 0 Å². The van der Waals surface area contributed by atoms with Gasteiger partial charge in [0.15, 0.2) is 0 Å². The molecule has 0 aromatic heterocycles. The monoisotopic (exact) mass is 288 g/mol. The highest BCUT2D eigenvalue weighted by Crippen LogP contribution is 2.22. The third-order valence-corrected chi connectivity index (χ3v) is 4.07. The number of anilines is 1. The molecule has 1 aromatic carbocycles. The SMILES string of the molecule is Cc1ccccc1NC(=O)C1CCN(C(=O)C(C)C)CC1. The number of para-hydroxylation sites is 1. The number of likely N-dealkylation sites (tertiary alicyclic amines) is 1. The lowest BCUT2D eigenvalue weighted by molar-refractivity contribution is -0.137. The average molecular weight is 288 g/mol. The summed E-state index contributed by atoms with van der Waals surface area (Å²) in [7, 11) is 0. The maximum atomic E-state index is 12.3. The molecule has 1 aromatic rings. The van der Waals surface area contributed by atoms with Crippen LogP contribution in [0.2, 0.25) is 0 Å². The van der Waals surface area contributed by atoms with Crippen molar-refractivity contribution in [3.63, 3.8) is 0 Å². The summed E-state index contributed by atoms with van der Waals surface area (Å²) in [5.41, 5.74) is 1.95. The molecule has 2 amide bonds. The Bertz CT molecular complexity index is 517. The van der Waals surface area contributed by atoms with Crippen LogP contribution in [0.15, 0.2) is 24.3 Å². The van der Waals surface area contributed by atoms with Gasteiger partial charge in [-0.15, -0.1) is 0 Å². The predicted octanol–water partition coefficient (Wildman–Crippen LogP) is 2.83. The van der Waals surface area contributed by atoms with Gasteiger partial charge in [-0.25, -0.2) is 0 Å². The van der Waals surface area contributed by atoms with Crippen LogP contribution >= 0.6 is 0 Å². The second-order valence-corrected chi connectivity index (χ2v) is 6.06. The van der Waals surface area contributed by atoms with Crippen LogP contribution in [0.1, 0.15) is 32.3 Å². The van der Waals surface area contributed by atoms with Gasteiger partial charge in [-0.3, -0.25) is 9.59 Å². The highest BCUT2D eigenvalue weighted by molar-refractivity contribution is 5.93. The van der Waals surface area contributed by atoms with Crippen molar-refractivity contribution in [1.29, 1.82) is 0 Å². The number of hydrogen-bond donors (Lipinski definition) is 1. The van der Waals surface area contributed by atoms with Crippen molar-refractivity contribution in [2.24, 2.45) is 11.8 Å². The molecular weight excluding hydrogens is 264 g/mol. The first-order valence-electron chi connectivity index (χ1n) is 7.64. The first kappa shape index (κ1) is 15.5. The largest absolute Gasteiger partial charge is 0.342 e. The second-order valence-electron chi connectivity index (χ2n) is 6.06. The summed E-state index contributed by atoms with van der Waals surface area (Å²) >= 11 is 0. The van der Waals surface area contributed by atoms with Gasteiger partial charge in [-0.1, -0.05) is 32.0 Å². The Labute approximate surface area is 126 Å². The Morgan fingerprint density at radius 2 is 1.81 bits per heavy atom. The summed E-state index contributed by atoms with van der Waals surface area (Å²) in [6.07, 6.45) is 1.49. The molecule has 2 rings (SSSR count). The Morgan fingerprint density at radius 3 is 2.38 bits per heavy atom. The van der Waals surface area contributed by atoms with E-state index in [9.17, 15) is 9.59 Å². The molecule has 0 atom stereocenters. The van der Waals surface area contributed by atoms with Crippen LogP contribution in [0.4, 0.5) is 5.69 Å². The van der Waals surface area contributed by atoms with Crippen molar-refractivity contribution in [3.8, 4) is 0 Å². The molecular formula is C17H24N2O2. The summed E-state index contributed by atoms with van der Waals surface area (Å²) in [4.78, 5) is 26.1. The van der Waals surface area contributed by atoms with Crippen molar-refractivity contribution in [2.75, 3.05) is 18.4 Å². The minimum Gasteiger partial charge on any atom is -0.342 e. The molecule has 4 nitrogen and oxygen atoms in total. The smallest absolute Gasteiger partial charge is 0.227 e. The summed E-state index contributed by atoms with van der Waals surface area (Å²) in [5, 5.41) is 3.00. The third kappa shape index (κ3) is 3.84. The summed E-state index contributed by atoms with van der Waals surface area (Å²) in [6.45, 7) is 7.18. The van der Waals surface area contributed by atoms with Gasteiger partial charge in [-0.05, 0) is 31.4 Å². The molecule has 0 saturated carbocycles. The van der Waals surface area contributed by atoms with Crippen molar-refractivity contribution in [3.05, 3.63) is 29.8 Å². The lowest BCUT2D eigenvalue weighted by Crippen LogP contribution is -2.43. The first-order valence-corrected chi connectivity index (χ1v) is 7.64. The number of rotatable bonds is 3. The fourth-order valence-corrected chi connectivity index (χ4v) is 2.68. The lowest BCUT2D eigenvalue weighted by Gasteiger charge is -2.32. The standard InChI is InChI=1S/C17H24N2O2/c1-12(2)17(21)19-10-8-14(9-11-19)16(20)18-15-7-5-4-6-13(15)3/h4-7,12,14H,8-11H2,1-3H3,(H,18,20). The lowest BCUT2D eigenvalue weighted by atomic mass is 9.95. The van der Waals surface area contributed by atoms with E-state index in [-0.39, 0.29) is 23.7 Å². The van der Waals surface area contributed by atoms with Gasteiger partial charge in [0.1, 0.15) is 0 Å². The fraction of sp³-hybridized carbons (Fsp3) is 0.529. The van der Waals surface area contributed by atoms with Crippen LogP contribution in [0, 0.1) is 18.8 Å². The molecule has 1 aliphatic rings. The Morgan fingerprint density at radius 1 is 1.19 bits per heavy atom. The molecule has 4 heteroatoms. The quantitative estimate of drug-likeness (QED) is 0.929. The molecule has 0 unspecified atom stereocenters. The molecule has 1 heterocycles. The number of amides is 2. The van der Waals surface area contributed by atoms with Crippen molar-refractivity contribution in [1.82, 2.24) is 4.90 Å². The highest BCUT2D eigenvalue weighted by Gasteiger charge is 2.28. The Kier molecular flexibility index (Phi) is 4.99. The second kappa shape index (κ2) is 6.74. The number of nitrogens with one attached hydrogen (secondary N) is 1. The van der Waals surface area contributed by atoms with Crippen molar-refractivity contribution < 1.29 is 9.59 Å². The van der Waals surface area contributed by atoms with E-state index < -0.39 is 0 Å². The van der Waals surface area contributed by atoms with Crippen molar-refractivity contribution >= 4 is 17.5 Å². The highest BCUT2D eigenvalue weighted by atomic mass is 16.2. The average Bonchev–Trinajstić information content (AvgIpc) is 2.49. The maximum Gasteiger partial charge on any atom is 0.227 e. The molecule has 114 valence electrons. The van der Waals surface area contributed by atoms with Gasteiger partial charge in [0.25, 0.3) is 0 Å².